The molecular weight excluding hydrogens is 246 g/mol. The van der Waals surface area contributed by atoms with Gasteiger partial charge in [-0.2, -0.15) is 5.26 Å². The van der Waals surface area contributed by atoms with Gasteiger partial charge < -0.3 is 4.74 Å². The van der Waals surface area contributed by atoms with Crippen molar-refractivity contribution in [2.75, 3.05) is 7.11 Å². The van der Waals surface area contributed by atoms with Crippen LogP contribution in [-0.4, -0.2) is 13.1 Å². The second kappa shape index (κ2) is 5.78. The molecule has 0 aliphatic carbocycles. The van der Waals surface area contributed by atoms with Crippen LogP contribution in [0.1, 0.15) is 16.7 Å². The van der Waals surface area contributed by atoms with E-state index in [0.717, 1.165) is 0 Å². The maximum atomic E-state index is 11.1. The Morgan fingerprint density at radius 1 is 1.56 bits per heavy atom. The van der Waals surface area contributed by atoms with E-state index in [1.54, 1.807) is 12.1 Å². The van der Waals surface area contributed by atoms with Crippen LogP contribution in [0.4, 0.5) is 0 Å². The molecule has 0 aromatic heterocycles. The molecule has 0 bridgehead atoms. The second-order valence-corrected chi connectivity index (χ2v) is 3.89. The molecule has 0 N–H and O–H groups in total. The lowest BCUT2D eigenvalue weighted by molar-refractivity contribution is -0.139. The second-order valence-electron chi connectivity index (χ2n) is 3.14. The summed E-state index contributed by atoms with van der Waals surface area (Å²) in [5, 5.41) is 8.91. The minimum atomic E-state index is -0.363. The summed E-state index contributed by atoms with van der Waals surface area (Å²) in [4.78, 5) is 11.8. The number of carbonyl (C=O) groups is 1. The highest BCUT2D eigenvalue weighted by Crippen LogP contribution is 2.22. The lowest BCUT2D eigenvalue weighted by Gasteiger charge is -2.07. The van der Waals surface area contributed by atoms with E-state index < -0.39 is 0 Å². The first-order chi connectivity index (χ1) is 7.62. The zero-order valence-electron chi connectivity index (χ0n) is 8.66. The van der Waals surface area contributed by atoms with E-state index in [2.05, 4.69) is 17.4 Å². The van der Waals surface area contributed by atoms with Gasteiger partial charge in [0.05, 0.1) is 25.2 Å². The van der Waals surface area contributed by atoms with E-state index in [1.165, 1.54) is 7.11 Å². The standard InChI is InChI=1S/C11H10ClNO2S/c1-15-11(14)4-7-2-9(6-13)8(5-12)3-10(7)16/h2-3,16H,4-5H2,1H3. The molecule has 0 fully saturated rings. The predicted octanol–water partition coefficient (Wildman–Crippen LogP) is 2.30. The molecule has 5 heteroatoms. The van der Waals surface area contributed by atoms with Crippen molar-refractivity contribution in [1.29, 1.82) is 5.26 Å². The Morgan fingerprint density at radius 2 is 2.25 bits per heavy atom. The smallest absolute Gasteiger partial charge is 0.310 e. The molecule has 0 aliphatic heterocycles. The number of rotatable bonds is 3. The fourth-order valence-corrected chi connectivity index (χ4v) is 1.78. The van der Waals surface area contributed by atoms with Crippen molar-refractivity contribution < 1.29 is 9.53 Å². The van der Waals surface area contributed by atoms with E-state index >= 15 is 0 Å². The lowest BCUT2D eigenvalue weighted by Crippen LogP contribution is -2.06. The Hall–Kier alpha value is -1.18. The van der Waals surface area contributed by atoms with Crippen LogP contribution < -0.4 is 0 Å². The molecule has 0 heterocycles. The summed E-state index contributed by atoms with van der Waals surface area (Å²) in [6.45, 7) is 0. The van der Waals surface area contributed by atoms with Crippen molar-refractivity contribution in [3.63, 3.8) is 0 Å². The molecule has 3 nitrogen and oxygen atoms in total. The van der Waals surface area contributed by atoms with Crippen molar-refractivity contribution in [2.45, 2.75) is 17.2 Å². The van der Waals surface area contributed by atoms with Crippen molar-refractivity contribution in [2.24, 2.45) is 0 Å². The van der Waals surface area contributed by atoms with Gasteiger partial charge in [0.1, 0.15) is 0 Å². The van der Waals surface area contributed by atoms with Gasteiger partial charge in [-0.15, -0.1) is 24.2 Å². The number of methoxy groups -OCH3 is 1. The molecule has 0 saturated heterocycles. The van der Waals surface area contributed by atoms with E-state index in [1.807, 2.05) is 6.07 Å². The largest absolute Gasteiger partial charge is 0.469 e. The Labute approximate surface area is 104 Å². The number of alkyl halides is 1. The maximum absolute atomic E-state index is 11.1. The number of benzene rings is 1. The fourth-order valence-electron chi connectivity index (χ4n) is 1.26. The first-order valence-corrected chi connectivity index (χ1v) is 5.48. The summed E-state index contributed by atoms with van der Waals surface area (Å²) in [6.07, 6.45) is 0.104. The molecule has 0 radical (unpaired) electrons. The minimum Gasteiger partial charge on any atom is -0.469 e. The first kappa shape index (κ1) is 12.9. The minimum absolute atomic E-state index is 0.104. The summed E-state index contributed by atoms with van der Waals surface area (Å²) >= 11 is 9.94. The average Bonchev–Trinajstić information content (AvgIpc) is 2.30. The van der Waals surface area contributed by atoms with Crippen LogP contribution in [0.5, 0.6) is 0 Å². The van der Waals surface area contributed by atoms with Gasteiger partial charge >= 0.3 is 5.97 Å². The highest BCUT2D eigenvalue weighted by atomic mass is 35.5. The quantitative estimate of drug-likeness (QED) is 0.512. The Balaban J connectivity index is 3.12. The average molecular weight is 256 g/mol. The SMILES string of the molecule is COC(=O)Cc1cc(C#N)c(CCl)cc1S. The molecule has 0 spiro atoms. The van der Waals surface area contributed by atoms with Crippen LogP contribution in [0.2, 0.25) is 0 Å². The molecule has 0 atom stereocenters. The first-order valence-electron chi connectivity index (χ1n) is 4.50. The van der Waals surface area contributed by atoms with E-state index in [0.29, 0.717) is 21.6 Å². The van der Waals surface area contributed by atoms with Crippen molar-refractivity contribution in [1.82, 2.24) is 0 Å². The Morgan fingerprint density at radius 3 is 2.75 bits per heavy atom. The summed E-state index contributed by atoms with van der Waals surface area (Å²) in [7, 11) is 1.32. The Bertz CT molecular complexity index is 454. The van der Waals surface area contributed by atoms with Gasteiger partial charge in [-0.05, 0) is 23.3 Å². The maximum Gasteiger partial charge on any atom is 0.310 e. The normalized spacial score (nSPS) is 9.62. The third-order valence-corrected chi connectivity index (χ3v) is 2.84. The number of carbonyl (C=O) groups excluding carboxylic acids is 1. The molecule has 0 aliphatic rings. The van der Waals surface area contributed by atoms with Crippen molar-refractivity contribution in [3.05, 3.63) is 28.8 Å². The molecular formula is C11H10ClNO2S. The summed E-state index contributed by atoms with van der Waals surface area (Å²) in [5.74, 6) is -0.118. The predicted molar refractivity (Wildman–Crippen MR) is 63.7 cm³/mol. The zero-order chi connectivity index (χ0) is 12.1. The molecule has 1 aromatic carbocycles. The number of nitriles is 1. The number of ether oxygens (including phenoxy) is 1. The Kier molecular flexibility index (Phi) is 4.66. The number of thiol groups is 1. The third-order valence-electron chi connectivity index (χ3n) is 2.13. The molecule has 0 amide bonds. The van der Waals surface area contributed by atoms with Crippen LogP contribution >= 0.6 is 24.2 Å². The van der Waals surface area contributed by atoms with E-state index in [9.17, 15) is 4.79 Å². The van der Waals surface area contributed by atoms with Gasteiger partial charge in [-0.3, -0.25) is 4.79 Å². The summed E-state index contributed by atoms with van der Waals surface area (Å²) in [5.41, 5.74) is 1.84. The number of nitrogens with zero attached hydrogens (tertiary/aromatic N) is 1. The zero-order valence-corrected chi connectivity index (χ0v) is 10.3. The van der Waals surface area contributed by atoms with Crippen LogP contribution in [0.15, 0.2) is 17.0 Å². The number of hydrogen-bond donors (Lipinski definition) is 1. The van der Waals surface area contributed by atoms with Gasteiger partial charge in [-0.25, -0.2) is 0 Å². The van der Waals surface area contributed by atoms with E-state index in [-0.39, 0.29) is 18.3 Å². The number of hydrogen-bond acceptors (Lipinski definition) is 4. The van der Waals surface area contributed by atoms with Gasteiger partial charge in [0, 0.05) is 10.8 Å². The highest BCUT2D eigenvalue weighted by Gasteiger charge is 2.10. The van der Waals surface area contributed by atoms with Crippen LogP contribution in [0.3, 0.4) is 0 Å². The molecule has 16 heavy (non-hydrogen) atoms. The van der Waals surface area contributed by atoms with Gasteiger partial charge in [-0.1, -0.05) is 0 Å². The number of esters is 1. The van der Waals surface area contributed by atoms with Crippen molar-refractivity contribution >= 4 is 30.2 Å². The topological polar surface area (TPSA) is 50.1 Å². The van der Waals surface area contributed by atoms with Crippen LogP contribution in [0, 0.1) is 11.3 Å². The van der Waals surface area contributed by atoms with Crippen molar-refractivity contribution in [3.8, 4) is 6.07 Å². The summed E-state index contributed by atoms with van der Waals surface area (Å²) < 4.78 is 4.56. The fraction of sp³-hybridized carbons (Fsp3) is 0.273. The molecule has 84 valence electrons. The highest BCUT2D eigenvalue weighted by molar-refractivity contribution is 7.80. The third kappa shape index (κ3) is 2.91. The van der Waals surface area contributed by atoms with Crippen LogP contribution in [0.25, 0.3) is 0 Å². The molecule has 0 unspecified atom stereocenters. The molecule has 0 saturated carbocycles. The summed E-state index contributed by atoms with van der Waals surface area (Å²) in [6, 6.07) is 5.36. The lowest BCUT2D eigenvalue weighted by atomic mass is 10.0. The molecule has 1 aromatic rings. The monoisotopic (exact) mass is 255 g/mol. The van der Waals surface area contributed by atoms with Crippen LogP contribution in [-0.2, 0) is 21.8 Å². The molecule has 1 rings (SSSR count). The van der Waals surface area contributed by atoms with Gasteiger partial charge in [0.15, 0.2) is 0 Å². The van der Waals surface area contributed by atoms with E-state index in [4.69, 9.17) is 16.9 Å². The van der Waals surface area contributed by atoms with Gasteiger partial charge in [0.25, 0.3) is 0 Å². The number of halogens is 1. The van der Waals surface area contributed by atoms with Gasteiger partial charge in [0.2, 0.25) is 0 Å².